The number of carbonyl (C=O) groups excluding carboxylic acids is 1. The highest BCUT2D eigenvalue weighted by molar-refractivity contribution is 5.95. The lowest BCUT2D eigenvalue weighted by molar-refractivity contribution is -0.160. The van der Waals surface area contributed by atoms with E-state index in [1.54, 1.807) is 0 Å². The highest BCUT2D eigenvalue weighted by Gasteiger charge is 2.37. The molecule has 0 aromatic heterocycles. The van der Waals surface area contributed by atoms with Gasteiger partial charge in [0.1, 0.15) is 12.4 Å². The smallest absolute Gasteiger partial charge is 0.322 e. The molecule has 3 aromatic rings. The van der Waals surface area contributed by atoms with Crippen LogP contribution in [0.15, 0.2) is 72.8 Å². The number of carboxylic acids is 1. The van der Waals surface area contributed by atoms with Gasteiger partial charge in [0.2, 0.25) is 0 Å². The Bertz CT molecular complexity index is 1050. The monoisotopic (exact) mass is 403 g/mol. The predicted molar refractivity (Wildman–Crippen MR) is 111 cm³/mol. The van der Waals surface area contributed by atoms with Crippen LogP contribution < -0.4 is 5.73 Å². The van der Waals surface area contributed by atoms with Crippen LogP contribution in [0.2, 0.25) is 0 Å². The number of fused-ring (bicyclic) bond motifs is 3. The molecule has 1 aliphatic carbocycles. The van der Waals surface area contributed by atoms with Gasteiger partial charge in [-0.1, -0.05) is 60.7 Å². The standard InChI is InChI=1S/C24H21NO5/c25-22(14-9-11-15(26)12-10-14)21(23(27)28)24(29)30-13-20-18-7-3-1-5-16(18)17-6-2-4-8-19(17)20/h1-12,20-22,26H,13,25H2,(H,27,28)/t21-,22?/m1/s1. The zero-order valence-electron chi connectivity index (χ0n) is 16.1. The number of rotatable bonds is 6. The van der Waals surface area contributed by atoms with E-state index in [0.717, 1.165) is 22.3 Å². The number of carboxylic acid groups (broad SMARTS) is 1. The summed E-state index contributed by atoms with van der Waals surface area (Å²) in [5, 5.41) is 19.0. The molecular weight excluding hydrogens is 382 g/mol. The topological polar surface area (TPSA) is 110 Å². The number of phenols is 1. The van der Waals surface area contributed by atoms with E-state index in [1.807, 2.05) is 48.5 Å². The summed E-state index contributed by atoms with van der Waals surface area (Å²) in [6, 6.07) is 20.5. The van der Waals surface area contributed by atoms with Gasteiger partial charge in [-0.05, 0) is 39.9 Å². The molecule has 0 saturated carbocycles. The van der Waals surface area contributed by atoms with E-state index in [4.69, 9.17) is 10.5 Å². The largest absolute Gasteiger partial charge is 0.508 e. The summed E-state index contributed by atoms with van der Waals surface area (Å²) in [5.41, 5.74) is 10.8. The molecule has 1 aliphatic rings. The molecule has 4 rings (SSSR count). The Morgan fingerprint density at radius 3 is 1.97 bits per heavy atom. The summed E-state index contributed by atoms with van der Waals surface area (Å²) >= 11 is 0. The molecule has 6 nitrogen and oxygen atoms in total. The van der Waals surface area contributed by atoms with Crippen LogP contribution in [-0.4, -0.2) is 28.8 Å². The van der Waals surface area contributed by atoms with Gasteiger partial charge in [0.25, 0.3) is 0 Å². The van der Waals surface area contributed by atoms with Gasteiger partial charge < -0.3 is 20.7 Å². The normalized spacial score (nSPS) is 14.4. The third-order valence-corrected chi connectivity index (χ3v) is 5.51. The molecule has 4 N–H and O–H groups in total. The Kier molecular flexibility index (Phi) is 5.25. The molecule has 0 saturated heterocycles. The number of aromatic hydroxyl groups is 1. The van der Waals surface area contributed by atoms with Crippen molar-refractivity contribution >= 4 is 11.9 Å². The molecule has 0 fully saturated rings. The fraction of sp³-hybridized carbons (Fsp3) is 0.167. The van der Waals surface area contributed by atoms with Gasteiger partial charge >= 0.3 is 11.9 Å². The molecule has 30 heavy (non-hydrogen) atoms. The van der Waals surface area contributed by atoms with Crippen LogP contribution in [0.3, 0.4) is 0 Å². The first-order valence-corrected chi connectivity index (χ1v) is 9.59. The molecule has 2 atom stereocenters. The lowest BCUT2D eigenvalue weighted by atomic mass is 9.93. The molecule has 6 heteroatoms. The summed E-state index contributed by atoms with van der Waals surface area (Å²) in [5.74, 6) is -3.93. The van der Waals surface area contributed by atoms with Gasteiger partial charge in [-0.15, -0.1) is 0 Å². The Morgan fingerprint density at radius 2 is 1.43 bits per heavy atom. The van der Waals surface area contributed by atoms with Gasteiger partial charge in [-0.3, -0.25) is 9.59 Å². The fourth-order valence-corrected chi connectivity index (χ4v) is 3.98. The Labute approximate surface area is 173 Å². The molecule has 0 radical (unpaired) electrons. The maximum atomic E-state index is 12.7. The Morgan fingerprint density at radius 1 is 0.900 bits per heavy atom. The molecule has 152 valence electrons. The van der Waals surface area contributed by atoms with E-state index in [9.17, 15) is 19.8 Å². The minimum atomic E-state index is -1.55. The van der Waals surface area contributed by atoms with Crippen molar-refractivity contribution in [2.45, 2.75) is 12.0 Å². The fourth-order valence-electron chi connectivity index (χ4n) is 3.98. The quantitative estimate of drug-likeness (QED) is 0.430. The number of hydrogen-bond donors (Lipinski definition) is 3. The van der Waals surface area contributed by atoms with Crippen molar-refractivity contribution in [3.8, 4) is 16.9 Å². The maximum absolute atomic E-state index is 12.7. The lowest BCUT2D eigenvalue weighted by Crippen LogP contribution is -2.36. The molecule has 1 unspecified atom stereocenters. The first kappa shape index (κ1) is 19.7. The van der Waals surface area contributed by atoms with Crippen LogP contribution in [0, 0.1) is 5.92 Å². The van der Waals surface area contributed by atoms with Crippen LogP contribution in [-0.2, 0) is 14.3 Å². The number of esters is 1. The van der Waals surface area contributed by atoms with Crippen LogP contribution in [0.5, 0.6) is 5.75 Å². The number of aliphatic carboxylic acids is 1. The highest BCUT2D eigenvalue weighted by Crippen LogP contribution is 2.44. The first-order valence-electron chi connectivity index (χ1n) is 9.59. The van der Waals surface area contributed by atoms with Crippen molar-refractivity contribution in [1.29, 1.82) is 0 Å². The molecule has 0 heterocycles. The SMILES string of the molecule is NC(c1ccc(O)cc1)[C@H](C(=O)O)C(=O)OCC1c2ccccc2-c2ccccc21. The predicted octanol–water partition coefficient (Wildman–Crippen LogP) is 3.45. The second-order valence-corrected chi connectivity index (χ2v) is 7.29. The average Bonchev–Trinajstić information content (AvgIpc) is 3.06. The van der Waals surface area contributed by atoms with Crippen molar-refractivity contribution in [2.75, 3.05) is 6.61 Å². The third-order valence-electron chi connectivity index (χ3n) is 5.51. The summed E-state index contributed by atoms with van der Waals surface area (Å²) in [6.45, 7) is 0.0267. The number of ether oxygens (including phenoxy) is 1. The number of phenolic OH excluding ortho intramolecular Hbond substituents is 1. The van der Waals surface area contributed by atoms with Crippen LogP contribution >= 0.6 is 0 Å². The number of carbonyl (C=O) groups is 2. The Balaban J connectivity index is 1.54. The van der Waals surface area contributed by atoms with Crippen LogP contribution in [0.1, 0.15) is 28.7 Å². The van der Waals surface area contributed by atoms with Crippen molar-refractivity contribution < 1.29 is 24.5 Å². The Hall–Kier alpha value is -3.64. The van der Waals surface area contributed by atoms with E-state index < -0.39 is 23.9 Å². The minimum absolute atomic E-state index is 0.0267. The maximum Gasteiger partial charge on any atom is 0.322 e. The summed E-state index contributed by atoms with van der Waals surface area (Å²) in [4.78, 5) is 24.5. The van der Waals surface area contributed by atoms with E-state index >= 15 is 0 Å². The van der Waals surface area contributed by atoms with Gasteiger partial charge in [0.15, 0.2) is 5.92 Å². The summed E-state index contributed by atoms with van der Waals surface area (Å²) in [7, 11) is 0. The third kappa shape index (κ3) is 3.53. The van der Waals surface area contributed by atoms with Gasteiger partial charge in [-0.2, -0.15) is 0 Å². The second kappa shape index (κ2) is 8.00. The zero-order chi connectivity index (χ0) is 21.3. The summed E-state index contributed by atoms with van der Waals surface area (Å²) in [6.07, 6.45) is 0. The zero-order valence-corrected chi connectivity index (χ0v) is 16.1. The highest BCUT2D eigenvalue weighted by atomic mass is 16.5. The molecule has 0 bridgehead atoms. The number of hydrogen-bond acceptors (Lipinski definition) is 5. The van der Waals surface area contributed by atoms with Crippen molar-refractivity contribution in [2.24, 2.45) is 11.7 Å². The molecular formula is C24H21NO5. The second-order valence-electron chi connectivity index (χ2n) is 7.29. The molecule has 3 aromatic carbocycles. The average molecular weight is 403 g/mol. The van der Waals surface area contributed by atoms with Gasteiger partial charge in [0.05, 0.1) is 6.04 Å². The molecule has 0 amide bonds. The minimum Gasteiger partial charge on any atom is -0.508 e. The number of nitrogens with two attached hydrogens (primary N) is 1. The van der Waals surface area contributed by atoms with E-state index in [0.29, 0.717) is 5.56 Å². The van der Waals surface area contributed by atoms with Crippen molar-refractivity contribution in [3.63, 3.8) is 0 Å². The van der Waals surface area contributed by atoms with Crippen molar-refractivity contribution in [3.05, 3.63) is 89.5 Å². The van der Waals surface area contributed by atoms with E-state index in [1.165, 1.54) is 24.3 Å². The van der Waals surface area contributed by atoms with Gasteiger partial charge in [-0.25, -0.2) is 0 Å². The molecule has 0 spiro atoms. The van der Waals surface area contributed by atoms with Crippen LogP contribution in [0.25, 0.3) is 11.1 Å². The lowest BCUT2D eigenvalue weighted by Gasteiger charge is -2.21. The van der Waals surface area contributed by atoms with Gasteiger partial charge in [0, 0.05) is 5.92 Å². The summed E-state index contributed by atoms with van der Waals surface area (Å²) < 4.78 is 5.48. The van der Waals surface area contributed by atoms with E-state index in [2.05, 4.69) is 0 Å². The molecule has 0 aliphatic heterocycles. The van der Waals surface area contributed by atoms with Crippen molar-refractivity contribution in [1.82, 2.24) is 0 Å². The van der Waals surface area contributed by atoms with Crippen LogP contribution in [0.4, 0.5) is 0 Å². The first-order chi connectivity index (χ1) is 14.5. The van der Waals surface area contributed by atoms with E-state index in [-0.39, 0.29) is 18.3 Å². The number of benzene rings is 3.